The maximum Gasteiger partial charge on any atom is 0.261 e. The third kappa shape index (κ3) is 2.93. The molecule has 6 heteroatoms. The summed E-state index contributed by atoms with van der Waals surface area (Å²) in [6.45, 7) is -0.170. The van der Waals surface area contributed by atoms with Gasteiger partial charge in [0.15, 0.2) is 6.29 Å². The molecule has 0 fully saturated rings. The predicted octanol–water partition coefficient (Wildman–Crippen LogP) is 4.45. The maximum absolute atomic E-state index is 12.8. The molecule has 6 rings (SSSR count). The Balaban J connectivity index is 0.000000560. The van der Waals surface area contributed by atoms with Crippen molar-refractivity contribution in [1.82, 2.24) is 9.80 Å². The molecule has 0 atom stereocenters. The lowest BCUT2D eigenvalue weighted by Gasteiger charge is -2.26. The Kier molecular flexibility index (Phi) is 5.08. The minimum absolute atomic E-state index is 0.170. The molecule has 170 valence electrons. The number of benzene rings is 5. The van der Waals surface area contributed by atoms with Crippen LogP contribution < -0.4 is 0 Å². The van der Waals surface area contributed by atoms with Crippen molar-refractivity contribution in [3.05, 3.63) is 70.8 Å². The average Bonchev–Trinajstić information content (AvgIpc) is 2.83. The van der Waals surface area contributed by atoms with Crippen molar-refractivity contribution in [2.45, 2.75) is 6.61 Å². The third-order valence-corrected chi connectivity index (χ3v) is 6.39. The summed E-state index contributed by atoms with van der Waals surface area (Å²) in [5.41, 5.74) is 2.26. The Morgan fingerprint density at radius 1 is 0.735 bits per heavy atom. The average molecular weight is 453 g/mol. The fourth-order valence-corrected chi connectivity index (χ4v) is 5.03. The van der Waals surface area contributed by atoms with E-state index in [1.807, 2.05) is 56.4 Å². The summed E-state index contributed by atoms with van der Waals surface area (Å²) in [6.07, 6.45) is 0.810. The van der Waals surface area contributed by atoms with Crippen molar-refractivity contribution in [3.8, 4) is 0 Å². The smallest absolute Gasteiger partial charge is 0.261 e. The number of amides is 2. The van der Waals surface area contributed by atoms with Crippen molar-refractivity contribution in [2.75, 3.05) is 28.2 Å². The molecule has 1 heterocycles. The Labute approximate surface area is 196 Å². The van der Waals surface area contributed by atoms with E-state index in [0.29, 0.717) is 27.6 Å². The van der Waals surface area contributed by atoms with E-state index in [9.17, 15) is 19.5 Å². The highest BCUT2D eigenvalue weighted by molar-refractivity contribution is 6.38. The summed E-state index contributed by atoms with van der Waals surface area (Å²) in [5.74, 6) is -0.613. The van der Waals surface area contributed by atoms with Crippen LogP contribution in [0.2, 0.25) is 0 Å². The number of hydrogen-bond donors (Lipinski definition) is 1. The van der Waals surface area contributed by atoms with E-state index in [4.69, 9.17) is 0 Å². The largest absolute Gasteiger partial charge is 0.392 e. The number of carbonyl (C=O) groups is 3. The van der Waals surface area contributed by atoms with Crippen LogP contribution in [0, 0.1) is 0 Å². The number of carbonyl (C=O) groups excluding carboxylic acids is 3. The first-order valence-corrected chi connectivity index (χ1v) is 11.0. The van der Waals surface area contributed by atoms with E-state index in [2.05, 4.69) is 0 Å². The quantitative estimate of drug-likeness (QED) is 0.185. The second-order valence-corrected chi connectivity index (χ2v) is 9.08. The standard InChI is InChI=1S/C25H15NO4.C3H9N/c1-26-24(29)18-8-6-16-14-4-2-12(10-27)20-13(11-28)3-5-15(21(14)20)17-7-9-19(25(26)30)23(18)22(16)17;1-4(2)3/h2-10,28H,11H2,1H3;1-3H3. The molecular weight excluding hydrogens is 428 g/mol. The zero-order chi connectivity index (χ0) is 24.3. The van der Waals surface area contributed by atoms with Crippen LogP contribution in [0.1, 0.15) is 36.6 Å². The zero-order valence-corrected chi connectivity index (χ0v) is 19.5. The van der Waals surface area contributed by atoms with Gasteiger partial charge >= 0.3 is 0 Å². The van der Waals surface area contributed by atoms with Crippen molar-refractivity contribution in [2.24, 2.45) is 0 Å². The van der Waals surface area contributed by atoms with Crippen molar-refractivity contribution >= 4 is 61.2 Å². The molecule has 0 spiro atoms. The number of imide groups is 1. The molecule has 1 aliphatic rings. The van der Waals surface area contributed by atoms with E-state index >= 15 is 0 Å². The van der Waals surface area contributed by atoms with E-state index in [-0.39, 0.29) is 18.4 Å². The van der Waals surface area contributed by atoms with Gasteiger partial charge in [-0.25, -0.2) is 0 Å². The lowest BCUT2D eigenvalue weighted by atomic mass is 9.83. The summed E-state index contributed by atoms with van der Waals surface area (Å²) in [7, 11) is 7.50. The molecule has 1 N–H and O–H groups in total. The summed E-state index contributed by atoms with van der Waals surface area (Å²) >= 11 is 0. The van der Waals surface area contributed by atoms with E-state index in [0.717, 1.165) is 48.9 Å². The van der Waals surface area contributed by atoms with Gasteiger partial charge in [0, 0.05) is 29.1 Å². The van der Waals surface area contributed by atoms with Crippen LogP contribution in [-0.2, 0) is 6.61 Å². The number of aliphatic hydroxyl groups is 1. The van der Waals surface area contributed by atoms with Crippen LogP contribution in [0.3, 0.4) is 0 Å². The summed E-state index contributed by atoms with van der Waals surface area (Å²) in [6, 6.07) is 14.8. The second kappa shape index (κ2) is 7.87. The SMILES string of the molecule is CN(C)C.CN1C(=O)c2ccc3c4ccc(C=O)c5c(CO)ccc(c6ccc(c2c36)C1=O)c54. The second-order valence-electron chi connectivity index (χ2n) is 9.08. The molecule has 0 radical (unpaired) electrons. The first kappa shape index (κ1) is 21.9. The molecular formula is C28H24N2O4. The molecule has 0 saturated heterocycles. The Morgan fingerprint density at radius 3 is 1.65 bits per heavy atom. The molecule has 1 aliphatic heterocycles. The van der Waals surface area contributed by atoms with Gasteiger partial charge in [-0.05, 0) is 76.5 Å². The predicted molar refractivity (Wildman–Crippen MR) is 135 cm³/mol. The van der Waals surface area contributed by atoms with E-state index < -0.39 is 0 Å². The van der Waals surface area contributed by atoms with Gasteiger partial charge in [-0.3, -0.25) is 19.3 Å². The van der Waals surface area contributed by atoms with Gasteiger partial charge < -0.3 is 10.0 Å². The van der Waals surface area contributed by atoms with E-state index in [1.165, 1.54) is 7.05 Å². The number of aldehydes is 1. The Hall–Kier alpha value is -3.87. The molecule has 5 aromatic rings. The molecule has 0 unspecified atom stereocenters. The van der Waals surface area contributed by atoms with E-state index in [1.54, 1.807) is 18.2 Å². The monoisotopic (exact) mass is 452 g/mol. The van der Waals surface area contributed by atoms with Crippen LogP contribution >= 0.6 is 0 Å². The minimum Gasteiger partial charge on any atom is -0.392 e. The Bertz CT molecular complexity index is 1580. The zero-order valence-electron chi connectivity index (χ0n) is 19.5. The van der Waals surface area contributed by atoms with Crippen molar-refractivity contribution in [3.63, 3.8) is 0 Å². The van der Waals surface area contributed by atoms with Crippen LogP contribution in [-0.4, -0.2) is 61.2 Å². The van der Waals surface area contributed by atoms with Gasteiger partial charge in [0.2, 0.25) is 0 Å². The lowest BCUT2D eigenvalue weighted by Crippen LogP contribution is -2.36. The normalized spacial score (nSPS) is 13.4. The summed E-state index contributed by atoms with van der Waals surface area (Å²) in [4.78, 5) is 40.5. The topological polar surface area (TPSA) is 77.9 Å². The van der Waals surface area contributed by atoms with Crippen LogP contribution in [0.25, 0.3) is 43.1 Å². The molecule has 0 saturated carbocycles. The number of fused-ring (bicyclic) bond motifs is 2. The molecule has 2 amide bonds. The molecule has 5 aromatic carbocycles. The highest BCUT2D eigenvalue weighted by atomic mass is 16.3. The molecule has 0 aromatic heterocycles. The molecule has 0 bridgehead atoms. The van der Waals surface area contributed by atoms with Gasteiger partial charge in [0.05, 0.1) is 6.61 Å². The lowest BCUT2D eigenvalue weighted by molar-refractivity contribution is 0.0650. The number of aliphatic hydroxyl groups excluding tert-OH is 1. The van der Waals surface area contributed by atoms with Gasteiger partial charge in [0.25, 0.3) is 11.8 Å². The van der Waals surface area contributed by atoms with Crippen molar-refractivity contribution < 1.29 is 19.5 Å². The summed E-state index contributed by atoms with van der Waals surface area (Å²) in [5, 5.41) is 16.8. The number of rotatable bonds is 2. The minimum atomic E-state index is -0.306. The third-order valence-electron chi connectivity index (χ3n) is 6.39. The Morgan fingerprint density at radius 2 is 1.18 bits per heavy atom. The number of nitrogens with zero attached hydrogens (tertiary/aromatic N) is 2. The maximum atomic E-state index is 12.8. The first-order chi connectivity index (χ1) is 16.3. The van der Waals surface area contributed by atoms with Crippen LogP contribution in [0.4, 0.5) is 0 Å². The van der Waals surface area contributed by atoms with Crippen molar-refractivity contribution in [1.29, 1.82) is 0 Å². The fraction of sp³-hybridized carbons (Fsp3) is 0.179. The highest BCUT2D eigenvalue weighted by Crippen LogP contribution is 2.44. The first-order valence-electron chi connectivity index (χ1n) is 11.0. The fourth-order valence-electron chi connectivity index (χ4n) is 5.03. The highest BCUT2D eigenvalue weighted by Gasteiger charge is 2.31. The van der Waals surface area contributed by atoms with Gasteiger partial charge in [-0.1, -0.05) is 36.4 Å². The van der Waals surface area contributed by atoms with Gasteiger partial charge in [0.1, 0.15) is 0 Å². The molecule has 34 heavy (non-hydrogen) atoms. The van der Waals surface area contributed by atoms with Gasteiger partial charge in [-0.2, -0.15) is 0 Å². The van der Waals surface area contributed by atoms with Gasteiger partial charge in [-0.15, -0.1) is 0 Å². The molecule has 0 aliphatic carbocycles. The molecule has 6 nitrogen and oxygen atoms in total. The summed E-state index contributed by atoms with van der Waals surface area (Å²) < 4.78 is 0. The van der Waals surface area contributed by atoms with Crippen LogP contribution in [0.5, 0.6) is 0 Å². The van der Waals surface area contributed by atoms with Crippen LogP contribution in [0.15, 0.2) is 48.5 Å². The number of hydrogen-bond acceptors (Lipinski definition) is 5.